The molecule has 1 N–H and O–H groups in total. The molecule has 0 spiro atoms. The van der Waals surface area contributed by atoms with Gasteiger partial charge in [0.1, 0.15) is 5.82 Å². The first kappa shape index (κ1) is 15.1. The highest BCUT2D eigenvalue weighted by Crippen LogP contribution is 2.34. The van der Waals surface area contributed by atoms with Crippen molar-refractivity contribution in [2.24, 2.45) is 0 Å². The largest absolute Gasteiger partial charge is 0.419 e. The normalized spacial score (nSPS) is 13.3. The van der Waals surface area contributed by atoms with Gasteiger partial charge in [-0.3, -0.25) is 0 Å². The number of alkyl halides is 3. The molecule has 0 aliphatic carbocycles. The Bertz CT molecular complexity index is 609. The topological polar surface area (TPSA) is 12.0 Å². The fourth-order valence-corrected chi connectivity index (χ4v) is 2.70. The summed E-state index contributed by atoms with van der Waals surface area (Å²) in [6.45, 7) is 1.79. The van der Waals surface area contributed by atoms with E-state index in [0.717, 1.165) is 17.7 Å². The highest BCUT2D eigenvalue weighted by molar-refractivity contribution is 7.14. The van der Waals surface area contributed by atoms with Crippen molar-refractivity contribution >= 4 is 28.6 Å². The molecule has 1 aromatic heterocycles. The van der Waals surface area contributed by atoms with Crippen molar-refractivity contribution in [2.45, 2.75) is 19.1 Å². The summed E-state index contributed by atoms with van der Waals surface area (Å²) in [6, 6.07) is 4.34. The number of hydrogen-bond acceptors (Lipinski definition) is 2. The lowest BCUT2D eigenvalue weighted by Gasteiger charge is -2.16. The van der Waals surface area contributed by atoms with E-state index in [4.69, 9.17) is 11.6 Å². The van der Waals surface area contributed by atoms with Crippen molar-refractivity contribution in [3.8, 4) is 0 Å². The predicted molar refractivity (Wildman–Crippen MR) is 72.8 cm³/mol. The minimum atomic E-state index is -4.71. The van der Waals surface area contributed by atoms with Gasteiger partial charge >= 0.3 is 6.18 Å². The highest BCUT2D eigenvalue weighted by Gasteiger charge is 2.34. The average Bonchev–Trinajstić information content (AvgIpc) is 2.77. The third-order valence-electron chi connectivity index (χ3n) is 2.74. The molecule has 0 radical (unpaired) electrons. The van der Waals surface area contributed by atoms with Gasteiger partial charge in [-0.1, -0.05) is 11.6 Å². The Labute approximate surface area is 122 Å². The van der Waals surface area contributed by atoms with Crippen LogP contribution in [0.1, 0.15) is 24.1 Å². The second kappa shape index (κ2) is 5.61. The molecule has 0 amide bonds. The van der Waals surface area contributed by atoms with Crippen LogP contribution < -0.4 is 5.32 Å². The lowest BCUT2D eigenvalue weighted by Crippen LogP contribution is -2.11. The zero-order valence-electron chi connectivity index (χ0n) is 10.3. The van der Waals surface area contributed by atoms with E-state index in [2.05, 4.69) is 5.32 Å². The van der Waals surface area contributed by atoms with Crippen molar-refractivity contribution in [2.75, 3.05) is 5.32 Å². The van der Waals surface area contributed by atoms with Crippen molar-refractivity contribution in [1.29, 1.82) is 0 Å². The second-order valence-electron chi connectivity index (χ2n) is 4.24. The predicted octanol–water partition coefficient (Wildman–Crippen LogP) is 5.73. The number of anilines is 1. The van der Waals surface area contributed by atoms with Gasteiger partial charge in [-0.05, 0) is 42.1 Å². The number of halogens is 5. The van der Waals surface area contributed by atoms with Gasteiger partial charge in [-0.15, -0.1) is 11.3 Å². The lowest BCUT2D eigenvalue weighted by molar-refractivity contribution is -0.139. The first-order chi connectivity index (χ1) is 9.27. The first-order valence-electron chi connectivity index (χ1n) is 5.64. The van der Waals surface area contributed by atoms with Gasteiger partial charge in [0, 0.05) is 11.7 Å². The third-order valence-corrected chi connectivity index (χ3v) is 3.85. The van der Waals surface area contributed by atoms with Crippen LogP contribution in [0.25, 0.3) is 0 Å². The molecule has 1 atom stereocenters. The zero-order valence-corrected chi connectivity index (χ0v) is 11.8. The number of thiophene rings is 1. The molecule has 108 valence electrons. The van der Waals surface area contributed by atoms with E-state index in [1.165, 1.54) is 17.4 Å². The molecule has 0 fully saturated rings. The first-order valence-corrected chi connectivity index (χ1v) is 6.90. The number of nitrogens with one attached hydrogen (secondary N) is 1. The van der Waals surface area contributed by atoms with Crippen LogP contribution in [0.2, 0.25) is 4.34 Å². The molecule has 0 aliphatic heterocycles. The fourth-order valence-electron chi connectivity index (χ4n) is 1.72. The van der Waals surface area contributed by atoms with Gasteiger partial charge in [0.25, 0.3) is 0 Å². The highest BCUT2D eigenvalue weighted by atomic mass is 35.5. The molecule has 1 nitrogen and oxygen atoms in total. The summed E-state index contributed by atoms with van der Waals surface area (Å²) >= 11 is 7.14. The Kier molecular flexibility index (Phi) is 4.25. The van der Waals surface area contributed by atoms with E-state index in [-0.39, 0.29) is 11.7 Å². The van der Waals surface area contributed by atoms with Gasteiger partial charge < -0.3 is 5.32 Å². The maximum atomic E-state index is 13.2. The van der Waals surface area contributed by atoms with Crippen LogP contribution in [0.4, 0.5) is 23.2 Å². The van der Waals surface area contributed by atoms with Gasteiger partial charge in [-0.25, -0.2) is 4.39 Å². The van der Waals surface area contributed by atoms with E-state index >= 15 is 0 Å². The SMILES string of the molecule is CC(Nc1ccc(F)c(C(F)(F)F)c1)c1csc(Cl)c1. The molecule has 0 saturated heterocycles. The molecule has 20 heavy (non-hydrogen) atoms. The maximum Gasteiger partial charge on any atom is 0.419 e. The summed E-state index contributed by atoms with van der Waals surface area (Å²) in [4.78, 5) is 0. The van der Waals surface area contributed by atoms with Gasteiger partial charge in [0.05, 0.1) is 9.90 Å². The van der Waals surface area contributed by atoms with E-state index in [9.17, 15) is 17.6 Å². The average molecular weight is 324 g/mol. The Morgan fingerprint density at radius 2 is 1.95 bits per heavy atom. The van der Waals surface area contributed by atoms with Crippen molar-refractivity contribution in [3.05, 3.63) is 50.9 Å². The summed E-state index contributed by atoms with van der Waals surface area (Å²) < 4.78 is 51.6. The second-order valence-corrected chi connectivity index (χ2v) is 5.79. The van der Waals surface area contributed by atoms with Gasteiger partial charge in [-0.2, -0.15) is 13.2 Å². The van der Waals surface area contributed by atoms with Crippen LogP contribution in [0.15, 0.2) is 29.6 Å². The summed E-state index contributed by atoms with van der Waals surface area (Å²) in [5.74, 6) is -1.28. The van der Waals surface area contributed by atoms with E-state index in [0.29, 0.717) is 4.34 Å². The van der Waals surface area contributed by atoms with Crippen LogP contribution in [-0.4, -0.2) is 0 Å². The van der Waals surface area contributed by atoms with Crippen LogP contribution in [0.3, 0.4) is 0 Å². The van der Waals surface area contributed by atoms with E-state index < -0.39 is 17.6 Å². The molecule has 1 aromatic carbocycles. The molecular formula is C13H10ClF4NS. The van der Waals surface area contributed by atoms with Crippen LogP contribution in [0.5, 0.6) is 0 Å². The van der Waals surface area contributed by atoms with E-state index in [1.54, 1.807) is 13.0 Å². The van der Waals surface area contributed by atoms with Crippen LogP contribution in [-0.2, 0) is 6.18 Å². The lowest BCUT2D eigenvalue weighted by atomic mass is 10.1. The van der Waals surface area contributed by atoms with E-state index in [1.807, 2.05) is 5.38 Å². The fraction of sp³-hybridized carbons (Fsp3) is 0.231. The van der Waals surface area contributed by atoms with Gasteiger partial charge in [0.15, 0.2) is 0 Å². The summed E-state index contributed by atoms with van der Waals surface area (Å²) in [5, 5.41) is 4.71. The molecular weight excluding hydrogens is 314 g/mol. The maximum absolute atomic E-state index is 13.2. The zero-order chi connectivity index (χ0) is 14.9. The number of hydrogen-bond donors (Lipinski definition) is 1. The minimum absolute atomic E-state index is 0.202. The van der Waals surface area contributed by atoms with Crippen molar-refractivity contribution < 1.29 is 17.6 Å². The third kappa shape index (κ3) is 3.43. The number of benzene rings is 1. The summed E-state index contributed by atoms with van der Waals surface area (Å²) in [5.41, 5.74) is -0.218. The Balaban J connectivity index is 2.22. The van der Waals surface area contributed by atoms with Gasteiger partial charge in [0.2, 0.25) is 0 Å². The summed E-state index contributed by atoms with van der Waals surface area (Å²) in [7, 11) is 0. The monoisotopic (exact) mass is 323 g/mol. The molecule has 1 heterocycles. The summed E-state index contributed by atoms with van der Waals surface area (Å²) in [6.07, 6.45) is -4.71. The Hall–Kier alpha value is -1.27. The molecule has 0 aliphatic rings. The quantitative estimate of drug-likeness (QED) is 0.711. The van der Waals surface area contributed by atoms with Crippen LogP contribution in [0, 0.1) is 5.82 Å². The van der Waals surface area contributed by atoms with Crippen LogP contribution >= 0.6 is 22.9 Å². The minimum Gasteiger partial charge on any atom is -0.378 e. The van der Waals surface area contributed by atoms with Crippen molar-refractivity contribution in [3.63, 3.8) is 0 Å². The Morgan fingerprint density at radius 1 is 1.25 bits per heavy atom. The Morgan fingerprint density at radius 3 is 2.50 bits per heavy atom. The molecule has 0 saturated carbocycles. The molecule has 2 aromatic rings. The molecule has 1 unspecified atom stereocenters. The van der Waals surface area contributed by atoms with Crippen molar-refractivity contribution in [1.82, 2.24) is 0 Å². The molecule has 0 bridgehead atoms. The number of rotatable bonds is 3. The molecule has 2 rings (SSSR count). The standard InChI is InChI=1S/C13H10ClF4NS/c1-7(8-4-12(14)20-6-8)19-9-2-3-11(15)10(5-9)13(16,17)18/h2-7,19H,1H3. The smallest absolute Gasteiger partial charge is 0.378 e. The molecule has 7 heteroatoms.